The number of amides is 3. The third-order valence-electron chi connectivity index (χ3n) is 6.48. The van der Waals surface area contributed by atoms with Crippen molar-refractivity contribution in [2.75, 3.05) is 31.6 Å². The van der Waals surface area contributed by atoms with Crippen LogP contribution < -0.4 is 15.5 Å². The molecule has 1 aliphatic heterocycles. The second kappa shape index (κ2) is 13.2. The highest BCUT2D eigenvalue weighted by molar-refractivity contribution is 9.10. The number of fused-ring (bicyclic) bond motifs is 1. The van der Waals surface area contributed by atoms with Crippen LogP contribution in [0.3, 0.4) is 0 Å². The van der Waals surface area contributed by atoms with Gasteiger partial charge in [-0.1, -0.05) is 70.5 Å². The summed E-state index contributed by atoms with van der Waals surface area (Å²) in [4.78, 5) is 40.0. The fourth-order valence-electron chi connectivity index (χ4n) is 4.42. The maximum atomic E-state index is 13.0. The van der Waals surface area contributed by atoms with Gasteiger partial charge in [0.2, 0.25) is 0 Å². The van der Waals surface area contributed by atoms with E-state index in [4.69, 9.17) is 9.47 Å². The molecule has 2 N–H and O–H groups in total. The molecule has 0 aromatic heterocycles. The summed E-state index contributed by atoms with van der Waals surface area (Å²) in [5, 5.41) is 8.42. The van der Waals surface area contributed by atoms with E-state index in [9.17, 15) is 14.4 Å². The first-order valence-electron chi connectivity index (χ1n) is 13.0. The van der Waals surface area contributed by atoms with Crippen molar-refractivity contribution in [3.05, 3.63) is 106 Å². The Morgan fingerprint density at radius 3 is 2.54 bits per heavy atom. The van der Waals surface area contributed by atoms with Gasteiger partial charge in [-0.05, 0) is 46.7 Å². The molecule has 0 radical (unpaired) electrons. The molecule has 1 fully saturated rings. The maximum absolute atomic E-state index is 13.0. The Hall–Kier alpha value is -4.54. The fraction of sp³-hybridized carbons (Fsp3) is 0.161. The van der Waals surface area contributed by atoms with Gasteiger partial charge in [-0.2, -0.15) is 5.10 Å². The molecule has 0 atom stereocenters. The largest absolute Gasteiger partial charge is 0.488 e. The lowest BCUT2D eigenvalue weighted by molar-refractivity contribution is -0.136. The van der Waals surface area contributed by atoms with Crippen molar-refractivity contribution >= 4 is 56.3 Å². The Labute approximate surface area is 245 Å². The van der Waals surface area contributed by atoms with E-state index in [-0.39, 0.29) is 11.6 Å². The normalized spacial score (nSPS) is 13.2. The number of hydrazone groups is 1. The van der Waals surface area contributed by atoms with E-state index >= 15 is 0 Å². The van der Waals surface area contributed by atoms with Gasteiger partial charge in [-0.25, -0.2) is 5.43 Å². The molecule has 5 rings (SSSR count). The molecule has 0 unspecified atom stereocenters. The van der Waals surface area contributed by atoms with Crippen molar-refractivity contribution in [1.29, 1.82) is 0 Å². The highest BCUT2D eigenvalue weighted by Crippen LogP contribution is 2.28. The summed E-state index contributed by atoms with van der Waals surface area (Å²) in [6, 6.07) is 25.9. The zero-order valence-electron chi connectivity index (χ0n) is 22.0. The highest BCUT2D eigenvalue weighted by Gasteiger charge is 2.23. The number of morpholine rings is 1. The Kier molecular flexibility index (Phi) is 9.02. The Morgan fingerprint density at radius 2 is 1.71 bits per heavy atom. The third kappa shape index (κ3) is 6.97. The molecule has 0 spiro atoms. The molecule has 208 valence electrons. The molecule has 0 saturated carbocycles. The van der Waals surface area contributed by atoms with Gasteiger partial charge in [0, 0.05) is 23.1 Å². The molecular weight excluding hydrogens is 588 g/mol. The summed E-state index contributed by atoms with van der Waals surface area (Å²) < 4.78 is 12.4. The fourth-order valence-corrected chi connectivity index (χ4v) is 4.87. The first-order chi connectivity index (χ1) is 20.0. The third-order valence-corrected chi connectivity index (χ3v) is 6.98. The average Bonchev–Trinajstić information content (AvgIpc) is 3.00. The van der Waals surface area contributed by atoms with Crippen LogP contribution in [0, 0.1) is 0 Å². The smallest absolute Gasteiger partial charge is 0.329 e. The topological polar surface area (TPSA) is 109 Å². The summed E-state index contributed by atoms with van der Waals surface area (Å²) in [5.74, 6) is -1.60. The lowest BCUT2D eigenvalue weighted by atomic mass is 10.0. The Bertz CT molecular complexity index is 1620. The minimum Gasteiger partial charge on any atom is -0.488 e. The van der Waals surface area contributed by atoms with Crippen LogP contribution in [-0.2, 0) is 20.9 Å². The molecule has 10 heteroatoms. The van der Waals surface area contributed by atoms with Crippen LogP contribution in [0.1, 0.15) is 21.5 Å². The average molecular weight is 615 g/mol. The number of benzene rings is 4. The number of hydrogen-bond acceptors (Lipinski definition) is 6. The highest BCUT2D eigenvalue weighted by atomic mass is 79.9. The van der Waals surface area contributed by atoms with E-state index in [0.29, 0.717) is 49.8 Å². The number of hydrogen-bond donors (Lipinski definition) is 2. The molecule has 0 aliphatic carbocycles. The molecule has 4 aromatic rings. The van der Waals surface area contributed by atoms with Gasteiger partial charge in [0.05, 0.1) is 30.7 Å². The first-order valence-corrected chi connectivity index (χ1v) is 13.8. The number of halogens is 1. The Morgan fingerprint density at radius 1 is 0.927 bits per heavy atom. The van der Waals surface area contributed by atoms with Crippen LogP contribution in [0.2, 0.25) is 0 Å². The zero-order chi connectivity index (χ0) is 28.6. The van der Waals surface area contributed by atoms with Gasteiger partial charge in [0.1, 0.15) is 12.4 Å². The van der Waals surface area contributed by atoms with Gasteiger partial charge in [0.15, 0.2) is 0 Å². The number of nitrogens with one attached hydrogen (secondary N) is 2. The number of ether oxygens (including phenoxy) is 2. The Balaban J connectivity index is 1.29. The van der Waals surface area contributed by atoms with Gasteiger partial charge >= 0.3 is 11.8 Å². The van der Waals surface area contributed by atoms with E-state index in [0.717, 1.165) is 20.8 Å². The summed E-state index contributed by atoms with van der Waals surface area (Å²) in [7, 11) is 0. The van der Waals surface area contributed by atoms with Gasteiger partial charge in [0.25, 0.3) is 5.91 Å². The molecule has 4 aromatic carbocycles. The number of carbonyl (C=O) groups is 3. The van der Waals surface area contributed by atoms with Crippen LogP contribution in [-0.4, -0.2) is 55.1 Å². The minimum absolute atomic E-state index is 0.241. The molecule has 41 heavy (non-hydrogen) atoms. The van der Waals surface area contributed by atoms with Crippen LogP contribution in [0.15, 0.2) is 94.5 Å². The molecule has 0 bridgehead atoms. The van der Waals surface area contributed by atoms with Crippen molar-refractivity contribution < 1.29 is 23.9 Å². The van der Waals surface area contributed by atoms with E-state index in [1.165, 1.54) is 6.21 Å². The zero-order valence-corrected chi connectivity index (χ0v) is 23.6. The lowest BCUT2D eigenvalue weighted by Crippen LogP contribution is -2.41. The van der Waals surface area contributed by atoms with Gasteiger partial charge < -0.3 is 19.7 Å². The molecular formula is C31H27BrN4O5. The SMILES string of the molecule is O=C(NN=Cc1c(OCc2cccc(Br)c2)ccc2ccccc12)C(=O)Nc1ccccc1C(=O)N1CCOCC1. The second-order valence-corrected chi connectivity index (χ2v) is 10.1. The number of carbonyl (C=O) groups excluding carboxylic acids is 3. The molecule has 1 saturated heterocycles. The molecule has 9 nitrogen and oxygen atoms in total. The quantitative estimate of drug-likeness (QED) is 0.177. The van der Waals surface area contributed by atoms with Crippen LogP contribution in [0.5, 0.6) is 5.75 Å². The van der Waals surface area contributed by atoms with Crippen LogP contribution >= 0.6 is 15.9 Å². The van der Waals surface area contributed by atoms with Crippen LogP contribution in [0.25, 0.3) is 10.8 Å². The van der Waals surface area contributed by atoms with Crippen molar-refractivity contribution in [2.24, 2.45) is 5.10 Å². The number of rotatable bonds is 7. The molecule has 3 amide bonds. The van der Waals surface area contributed by atoms with Crippen molar-refractivity contribution in [2.45, 2.75) is 6.61 Å². The molecule has 1 heterocycles. The summed E-state index contributed by atoms with van der Waals surface area (Å²) in [6.07, 6.45) is 1.46. The van der Waals surface area contributed by atoms with Crippen molar-refractivity contribution in [3.8, 4) is 5.75 Å². The van der Waals surface area contributed by atoms with E-state index < -0.39 is 11.8 Å². The summed E-state index contributed by atoms with van der Waals surface area (Å²) in [5.41, 5.74) is 4.45. The van der Waals surface area contributed by atoms with Crippen molar-refractivity contribution in [1.82, 2.24) is 10.3 Å². The monoisotopic (exact) mass is 614 g/mol. The molecule has 1 aliphatic rings. The lowest BCUT2D eigenvalue weighted by Gasteiger charge is -2.27. The minimum atomic E-state index is -0.980. The van der Waals surface area contributed by atoms with Crippen molar-refractivity contribution in [3.63, 3.8) is 0 Å². The van der Waals surface area contributed by atoms with E-state index in [1.54, 1.807) is 29.2 Å². The van der Waals surface area contributed by atoms with Gasteiger partial charge in [-0.3, -0.25) is 14.4 Å². The van der Waals surface area contributed by atoms with E-state index in [2.05, 4.69) is 31.8 Å². The predicted octanol–water partition coefficient (Wildman–Crippen LogP) is 4.74. The predicted molar refractivity (Wildman–Crippen MR) is 160 cm³/mol. The first kappa shape index (κ1) is 28.0. The summed E-state index contributed by atoms with van der Waals surface area (Å²) in [6.45, 7) is 2.15. The van der Waals surface area contributed by atoms with E-state index in [1.807, 2.05) is 60.7 Å². The number of para-hydroxylation sites is 1. The van der Waals surface area contributed by atoms with Crippen LogP contribution in [0.4, 0.5) is 5.69 Å². The van der Waals surface area contributed by atoms with Gasteiger partial charge in [-0.15, -0.1) is 0 Å². The maximum Gasteiger partial charge on any atom is 0.329 e. The standard InChI is InChI=1S/C31H27BrN4O5/c32-23-8-5-6-21(18-23)20-41-28-13-12-22-7-1-2-9-24(22)26(28)19-33-35-30(38)29(37)34-27-11-4-3-10-25(27)31(39)36-14-16-40-17-15-36/h1-13,18-19H,14-17,20H2,(H,34,37)(H,35,38). The number of nitrogens with zero attached hydrogens (tertiary/aromatic N) is 2. The summed E-state index contributed by atoms with van der Waals surface area (Å²) >= 11 is 3.47. The second-order valence-electron chi connectivity index (χ2n) is 9.22. The number of anilines is 1.